The van der Waals surface area contributed by atoms with E-state index >= 15 is 0 Å². The van der Waals surface area contributed by atoms with Crippen molar-refractivity contribution < 1.29 is 14.0 Å². The number of anilines is 1. The maximum absolute atomic E-state index is 14.3. The lowest BCUT2D eigenvalue weighted by Crippen LogP contribution is -2.46. The third-order valence-corrected chi connectivity index (χ3v) is 5.52. The normalized spacial score (nSPS) is 21.5. The molecule has 0 aromatic heterocycles. The summed E-state index contributed by atoms with van der Waals surface area (Å²) < 4.78 is 14.3. The van der Waals surface area contributed by atoms with Gasteiger partial charge in [0, 0.05) is 31.5 Å². The van der Waals surface area contributed by atoms with Crippen molar-refractivity contribution in [3.05, 3.63) is 29.6 Å². The molecule has 0 bridgehead atoms. The van der Waals surface area contributed by atoms with Gasteiger partial charge in [0.25, 0.3) is 0 Å². The van der Waals surface area contributed by atoms with E-state index < -0.39 is 0 Å². The second-order valence-electron chi connectivity index (χ2n) is 7.21. The number of halogens is 1. The highest BCUT2D eigenvalue weighted by Crippen LogP contribution is 2.34. The number of aryl methyl sites for hydroxylation is 1. The van der Waals surface area contributed by atoms with E-state index in [2.05, 4.69) is 0 Å². The molecule has 1 aromatic carbocycles. The predicted molar refractivity (Wildman–Crippen MR) is 89.1 cm³/mol. The number of likely N-dealkylation sites (tertiary alicyclic amines) is 1. The average Bonchev–Trinajstić information content (AvgIpc) is 3.45. The van der Waals surface area contributed by atoms with Crippen LogP contribution < -0.4 is 4.90 Å². The molecule has 24 heavy (non-hydrogen) atoms. The summed E-state index contributed by atoms with van der Waals surface area (Å²) in [5.74, 6) is 0.121. The van der Waals surface area contributed by atoms with Gasteiger partial charge in [0.1, 0.15) is 5.82 Å². The molecule has 4 rings (SSSR count). The van der Waals surface area contributed by atoms with E-state index in [4.69, 9.17) is 0 Å². The van der Waals surface area contributed by atoms with Gasteiger partial charge in [-0.3, -0.25) is 9.59 Å². The SMILES string of the molecule is O=C(C1CC1)N1CCC(C(=O)N2CCCc3cccc(F)c32)CC1. The van der Waals surface area contributed by atoms with Gasteiger partial charge in [-0.1, -0.05) is 12.1 Å². The first-order valence-corrected chi connectivity index (χ1v) is 9.02. The molecule has 0 radical (unpaired) electrons. The van der Waals surface area contributed by atoms with Crippen molar-refractivity contribution in [3.63, 3.8) is 0 Å². The molecule has 1 saturated heterocycles. The van der Waals surface area contributed by atoms with Crippen LogP contribution in [0.2, 0.25) is 0 Å². The van der Waals surface area contributed by atoms with Gasteiger partial charge in [0.05, 0.1) is 5.69 Å². The fraction of sp³-hybridized carbons (Fsp3) is 0.579. The van der Waals surface area contributed by atoms with E-state index in [1.165, 1.54) is 6.07 Å². The van der Waals surface area contributed by atoms with Crippen LogP contribution in [0.4, 0.5) is 10.1 Å². The summed E-state index contributed by atoms with van der Waals surface area (Å²) in [6.45, 7) is 1.90. The minimum absolute atomic E-state index is 0.0274. The van der Waals surface area contributed by atoms with Gasteiger partial charge in [-0.15, -0.1) is 0 Å². The van der Waals surface area contributed by atoms with Crippen molar-refractivity contribution in [3.8, 4) is 0 Å². The van der Waals surface area contributed by atoms with Gasteiger partial charge < -0.3 is 9.80 Å². The molecule has 0 spiro atoms. The number of hydrogen-bond acceptors (Lipinski definition) is 2. The number of benzene rings is 1. The van der Waals surface area contributed by atoms with Gasteiger partial charge in [0.15, 0.2) is 0 Å². The van der Waals surface area contributed by atoms with Crippen LogP contribution in [-0.4, -0.2) is 36.3 Å². The zero-order valence-electron chi connectivity index (χ0n) is 13.8. The fourth-order valence-corrected chi connectivity index (χ4v) is 3.98. The second-order valence-corrected chi connectivity index (χ2v) is 7.21. The number of fused-ring (bicyclic) bond motifs is 1. The Morgan fingerprint density at radius 3 is 2.38 bits per heavy atom. The monoisotopic (exact) mass is 330 g/mol. The smallest absolute Gasteiger partial charge is 0.230 e. The summed E-state index contributed by atoms with van der Waals surface area (Å²) in [6, 6.07) is 5.06. The molecule has 128 valence electrons. The zero-order valence-corrected chi connectivity index (χ0v) is 13.8. The number of para-hydroxylation sites is 1. The van der Waals surface area contributed by atoms with Gasteiger partial charge in [-0.05, 0) is 50.2 Å². The predicted octanol–water partition coefficient (Wildman–Crippen LogP) is 2.75. The summed E-state index contributed by atoms with van der Waals surface area (Å²) in [6.07, 6.45) is 5.12. The maximum atomic E-state index is 14.3. The molecule has 0 N–H and O–H groups in total. The molecule has 5 heteroatoms. The molecule has 2 heterocycles. The van der Waals surface area contributed by atoms with Crippen LogP contribution in [0.25, 0.3) is 0 Å². The molecule has 0 atom stereocenters. The fourth-order valence-electron chi connectivity index (χ4n) is 3.98. The Labute approximate surface area is 141 Å². The lowest BCUT2D eigenvalue weighted by molar-refractivity contribution is -0.136. The lowest BCUT2D eigenvalue weighted by atomic mass is 9.92. The minimum atomic E-state index is -0.304. The molecule has 3 aliphatic rings. The average molecular weight is 330 g/mol. The van der Waals surface area contributed by atoms with Crippen molar-refractivity contribution in [2.24, 2.45) is 11.8 Å². The van der Waals surface area contributed by atoms with Crippen LogP contribution in [0, 0.1) is 17.7 Å². The van der Waals surface area contributed by atoms with Crippen molar-refractivity contribution in [1.82, 2.24) is 4.90 Å². The summed E-state index contributed by atoms with van der Waals surface area (Å²) in [5, 5.41) is 0. The van der Waals surface area contributed by atoms with E-state index in [1.807, 2.05) is 11.0 Å². The lowest BCUT2D eigenvalue weighted by Gasteiger charge is -2.36. The molecule has 2 fully saturated rings. The number of carbonyl (C=O) groups excluding carboxylic acids is 2. The Kier molecular flexibility index (Phi) is 4.02. The van der Waals surface area contributed by atoms with Crippen LogP contribution in [0.5, 0.6) is 0 Å². The van der Waals surface area contributed by atoms with Crippen LogP contribution in [0.1, 0.15) is 37.7 Å². The summed E-state index contributed by atoms with van der Waals surface area (Å²) >= 11 is 0. The minimum Gasteiger partial charge on any atom is -0.342 e. The van der Waals surface area contributed by atoms with E-state index in [-0.39, 0.29) is 29.5 Å². The highest BCUT2D eigenvalue weighted by atomic mass is 19.1. The first-order chi connectivity index (χ1) is 11.6. The first kappa shape index (κ1) is 15.6. The maximum Gasteiger partial charge on any atom is 0.230 e. The van der Waals surface area contributed by atoms with Gasteiger partial charge in [0.2, 0.25) is 11.8 Å². The standard InChI is InChI=1S/C19H23FN2O2/c20-16-5-1-3-13-4-2-10-22(17(13)16)19(24)15-8-11-21(12-9-15)18(23)14-6-7-14/h1,3,5,14-15H,2,4,6-12H2. The van der Waals surface area contributed by atoms with E-state index in [9.17, 15) is 14.0 Å². The first-order valence-electron chi connectivity index (χ1n) is 9.02. The Balaban J connectivity index is 1.45. The Morgan fingerprint density at radius 2 is 1.67 bits per heavy atom. The third kappa shape index (κ3) is 2.80. The van der Waals surface area contributed by atoms with Crippen LogP contribution in [0.3, 0.4) is 0 Å². The molecule has 1 saturated carbocycles. The second kappa shape index (κ2) is 6.19. The van der Waals surface area contributed by atoms with Crippen molar-refractivity contribution >= 4 is 17.5 Å². The van der Waals surface area contributed by atoms with Crippen molar-refractivity contribution in [1.29, 1.82) is 0 Å². The Bertz CT molecular complexity index is 663. The van der Waals surface area contributed by atoms with Gasteiger partial charge in [-0.25, -0.2) is 4.39 Å². The molecule has 2 aliphatic heterocycles. The number of amides is 2. The molecule has 1 aliphatic carbocycles. The molecular formula is C19H23FN2O2. The molecule has 4 nitrogen and oxygen atoms in total. The molecule has 1 aromatic rings. The molecule has 0 unspecified atom stereocenters. The van der Waals surface area contributed by atoms with Crippen molar-refractivity contribution in [2.45, 2.75) is 38.5 Å². The topological polar surface area (TPSA) is 40.6 Å². The quantitative estimate of drug-likeness (QED) is 0.836. The van der Waals surface area contributed by atoms with Crippen molar-refractivity contribution in [2.75, 3.05) is 24.5 Å². The van der Waals surface area contributed by atoms with E-state index in [1.54, 1.807) is 11.0 Å². The number of hydrogen-bond donors (Lipinski definition) is 0. The largest absolute Gasteiger partial charge is 0.342 e. The zero-order chi connectivity index (χ0) is 16.7. The summed E-state index contributed by atoms with van der Waals surface area (Å²) in [5.41, 5.74) is 1.40. The molecule has 2 amide bonds. The highest BCUT2D eigenvalue weighted by molar-refractivity contribution is 5.96. The van der Waals surface area contributed by atoms with Crippen LogP contribution >= 0.6 is 0 Å². The number of rotatable bonds is 2. The van der Waals surface area contributed by atoms with E-state index in [0.717, 1.165) is 31.2 Å². The molecular weight excluding hydrogens is 307 g/mol. The number of carbonyl (C=O) groups is 2. The number of nitrogens with zero attached hydrogens (tertiary/aromatic N) is 2. The summed E-state index contributed by atoms with van der Waals surface area (Å²) in [7, 11) is 0. The van der Waals surface area contributed by atoms with E-state index in [0.29, 0.717) is 38.2 Å². The summed E-state index contributed by atoms with van der Waals surface area (Å²) in [4.78, 5) is 28.6. The Morgan fingerprint density at radius 1 is 0.958 bits per heavy atom. The Hall–Kier alpha value is -1.91. The number of piperidine rings is 1. The third-order valence-electron chi connectivity index (χ3n) is 5.52. The van der Waals surface area contributed by atoms with Crippen LogP contribution in [0.15, 0.2) is 18.2 Å². The van der Waals surface area contributed by atoms with Crippen LogP contribution in [-0.2, 0) is 16.0 Å². The van der Waals surface area contributed by atoms with Gasteiger partial charge in [-0.2, -0.15) is 0 Å². The van der Waals surface area contributed by atoms with Gasteiger partial charge >= 0.3 is 0 Å². The highest BCUT2D eigenvalue weighted by Gasteiger charge is 2.37.